The maximum atomic E-state index is 12.6. The van der Waals surface area contributed by atoms with Gasteiger partial charge < -0.3 is 20.3 Å². The van der Waals surface area contributed by atoms with E-state index in [1.54, 1.807) is 0 Å². The fourth-order valence-electron chi connectivity index (χ4n) is 11.6. The number of carbonyl (C=O) groups excluding carboxylic acids is 2. The molecule has 0 radical (unpaired) electrons. The average Bonchev–Trinajstić information content (AvgIpc) is 3.46. The van der Waals surface area contributed by atoms with E-state index in [4.69, 9.17) is 4.74 Å². The Bertz CT molecular complexity index is 1250. The molecule has 0 heterocycles. The predicted octanol–water partition coefficient (Wildman–Crippen LogP) is 23.7. The van der Waals surface area contributed by atoms with Gasteiger partial charge in [0.25, 0.3) is 0 Å². The van der Waals surface area contributed by atoms with Crippen LogP contribution in [-0.2, 0) is 14.3 Å². The molecule has 3 N–H and O–H groups in total. The van der Waals surface area contributed by atoms with Gasteiger partial charge in [-0.05, 0) is 77.0 Å². The van der Waals surface area contributed by atoms with Gasteiger partial charge >= 0.3 is 5.97 Å². The van der Waals surface area contributed by atoms with Crippen molar-refractivity contribution in [1.29, 1.82) is 0 Å². The van der Waals surface area contributed by atoms with Gasteiger partial charge in [-0.25, -0.2) is 0 Å². The van der Waals surface area contributed by atoms with Gasteiger partial charge in [-0.15, -0.1) is 0 Å². The summed E-state index contributed by atoms with van der Waals surface area (Å²) in [6, 6.07) is -0.543. The van der Waals surface area contributed by atoms with Crippen molar-refractivity contribution in [3.05, 3.63) is 24.3 Å². The molecule has 0 aliphatic rings. The first-order chi connectivity index (χ1) is 39.5. The molecule has 0 aliphatic carbocycles. The summed E-state index contributed by atoms with van der Waals surface area (Å²) in [6.45, 7) is 4.98. The third-order valence-corrected chi connectivity index (χ3v) is 17.2. The van der Waals surface area contributed by atoms with Gasteiger partial charge in [-0.2, -0.15) is 0 Å². The number of ether oxygens (including phenoxy) is 1. The van der Waals surface area contributed by atoms with E-state index in [0.717, 1.165) is 44.9 Å². The molecule has 0 aromatic rings. The number of aliphatic hydroxyl groups is 2. The van der Waals surface area contributed by atoms with Crippen LogP contribution in [0.25, 0.3) is 0 Å². The Morgan fingerprint density at radius 2 is 0.588 bits per heavy atom. The zero-order valence-electron chi connectivity index (χ0n) is 54.3. The van der Waals surface area contributed by atoms with Crippen LogP contribution in [0.2, 0.25) is 0 Å². The van der Waals surface area contributed by atoms with Crippen molar-refractivity contribution in [2.75, 3.05) is 13.2 Å². The normalized spacial score (nSPS) is 12.6. The Balaban J connectivity index is 3.39. The first kappa shape index (κ1) is 78.3. The summed E-state index contributed by atoms with van der Waals surface area (Å²) in [5.41, 5.74) is 0. The SMILES string of the molecule is CCCCCC/C=C\CCCCCCCC(=O)OCCCCCCCCCCCCCC/C=C\CCCCCCCCCCCCCC(=O)NC(CO)C(O)CCCCCCCCCCCCCCCCCCCCCCCCC. The van der Waals surface area contributed by atoms with Crippen LogP contribution in [0.5, 0.6) is 0 Å². The minimum Gasteiger partial charge on any atom is -0.466 e. The number of hydrogen-bond donors (Lipinski definition) is 3. The summed E-state index contributed by atoms with van der Waals surface area (Å²) in [4.78, 5) is 24.6. The number of hydrogen-bond acceptors (Lipinski definition) is 5. The number of amides is 1. The lowest BCUT2D eigenvalue weighted by Gasteiger charge is -2.22. The average molecular weight is 1130 g/mol. The monoisotopic (exact) mass is 1130 g/mol. The lowest BCUT2D eigenvalue weighted by atomic mass is 10.0. The third kappa shape index (κ3) is 65.5. The van der Waals surface area contributed by atoms with Crippen molar-refractivity contribution in [2.45, 2.75) is 424 Å². The Morgan fingerprint density at radius 3 is 0.900 bits per heavy atom. The first-order valence-electron chi connectivity index (χ1n) is 36.6. The summed E-state index contributed by atoms with van der Waals surface area (Å²) in [6.07, 6.45) is 88.1. The van der Waals surface area contributed by atoms with E-state index in [-0.39, 0.29) is 18.5 Å². The number of unbranched alkanes of at least 4 members (excludes halogenated alkanes) is 54. The largest absolute Gasteiger partial charge is 0.466 e. The van der Waals surface area contributed by atoms with Crippen LogP contribution in [0.1, 0.15) is 412 Å². The molecule has 0 saturated heterocycles. The van der Waals surface area contributed by atoms with E-state index >= 15 is 0 Å². The van der Waals surface area contributed by atoms with Crippen LogP contribution in [0, 0.1) is 0 Å². The molecule has 1 amide bonds. The second kappa shape index (κ2) is 69.8. The highest BCUT2D eigenvalue weighted by Gasteiger charge is 2.20. The second-order valence-electron chi connectivity index (χ2n) is 25.3. The van der Waals surface area contributed by atoms with E-state index in [2.05, 4.69) is 43.5 Å². The molecular weight excluding hydrogens is 983 g/mol. The maximum absolute atomic E-state index is 12.6. The number of aliphatic hydroxyl groups excluding tert-OH is 2. The molecule has 0 fully saturated rings. The molecule has 0 spiro atoms. The first-order valence-corrected chi connectivity index (χ1v) is 36.6. The number of carbonyl (C=O) groups is 2. The van der Waals surface area contributed by atoms with Gasteiger partial charge in [0.2, 0.25) is 5.91 Å². The fraction of sp³-hybridized carbons (Fsp3) is 0.919. The summed E-state index contributed by atoms with van der Waals surface area (Å²) in [5.74, 6) is -0.0242. The second-order valence-corrected chi connectivity index (χ2v) is 25.3. The molecule has 0 saturated carbocycles. The molecule has 6 heteroatoms. The molecule has 0 rings (SSSR count). The highest BCUT2D eigenvalue weighted by molar-refractivity contribution is 5.76. The Labute approximate surface area is 501 Å². The minimum atomic E-state index is -0.666. The summed E-state index contributed by atoms with van der Waals surface area (Å²) in [5, 5.41) is 23.4. The van der Waals surface area contributed by atoms with E-state index in [1.807, 2.05) is 0 Å². The van der Waals surface area contributed by atoms with Gasteiger partial charge in [0, 0.05) is 12.8 Å². The Morgan fingerprint density at radius 1 is 0.338 bits per heavy atom. The molecule has 2 atom stereocenters. The van der Waals surface area contributed by atoms with Gasteiger partial charge in [-0.1, -0.05) is 346 Å². The lowest BCUT2D eigenvalue weighted by Crippen LogP contribution is -2.45. The molecule has 80 heavy (non-hydrogen) atoms. The minimum absolute atomic E-state index is 0.00667. The molecule has 474 valence electrons. The molecule has 0 aromatic carbocycles. The van der Waals surface area contributed by atoms with Crippen LogP contribution in [0.15, 0.2) is 24.3 Å². The predicted molar refractivity (Wildman–Crippen MR) is 352 cm³/mol. The fourth-order valence-corrected chi connectivity index (χ4v) is 11.6. The highest BCUT2D eigenvalue weighted by Crippen LogP contribution is 2.19. The van der Waals surface area contributed by atoms with Crippen molar-refractivity contribution >= 4 is 11.9 Å². The van der Waals surface area contributed by atoms with Crippen molar-refractivity contribution in [3.8, 4) is 0 Å². The lowest BCUT2D eigenvalue weighted by molar-refractivity contribution is -0.143. The van der Waals surface area contributed by atoms with Crippen molar-refractivity contribution < 1.29 is 24.5 Å². The number of nitrogens with one attached hydrogen (secondary N) is 1. The van der Waals surface area contributed by atoms with Crippen molar-refractivity contribution in [1.82, 2.24) is 5.32 Å². The number of esters is 1. The van der Waals surface area contributed by atoms with Gasteiger partial charge in [0.05, 0.1) is 25.4 Å². The standard InChI is InChI=1S/C74H143NO5/c1-3-5-7-9-11-13-15-17-18-19-20-21-27-30-33-36-39-43-46-50-54-58-62-66-72(77)71(70-76)75-73(78)67-63-59-55-51-47-44-40-37-34-31-28-25-23-22-24-26-29-32-35-38-41-45-49-53-57-61-65-69-80-74(79)68-64-60-56-52-48-42-16-14-12-10-8-6-4-2/h14,16,22-23,71-72,76-77H,3-13,15,17-21,24-70H2,1-2H3,(H,75,78)/b16-14-,23-22-. The van der Waals surface area contributed by atoms with E-state index < -0.39 is 12.1 Å². The summed E-state index contributed by atoms with van der Waals surface area (Å²) >= 11 is 0. The number of allylic oxidation sites excluding steroid dienone is 4. The van der Waals surface area contributed by atoms with Crippen LogP contribution in [-0.4, -0.2) is 47.4 Å². The molecule has 0 bridgehead atoms. The summed E-state index contributed by atoms with van der Waals surface area (Å²) in [7, 11) is 0. The zero-order valence-corrected chi connectivity index (χ0v) is 54.3. The Kier molecular flexibility index (Phi) is 68.4. The van der Waals surface area contributed by atoms with E-state index in [9.17, 15) is 19.8 Å². The van der Waals surface area contributed by atoms with Crippen LogP contribution in [0.3, 0.4) is 0 Å². The van der Waals surface area contributed by atoms with E-state index in [1.165, 1.54) is 334 Å². The topological polar surface area (TPSA) is 95.9 Å². The van der Waals surface area contributed by atoms with Gasteiger partial charge in [0.1, 0.15) is 0 Å². The third-order valence-electron chi connectivity index (χ3n) is 17.2. The molecule has 0 aliphatic heterocycles. The van der Waals surface area contributed by atoms with E-state index in [0.29, 0.717) is 25.9 Å². The van der Waals surface area contributed by atoms with Crippen LogP contribution < -0.4 is 5.32 Å². The smallest absolute Gasteiger partial charge is 0.305 e. The van der Waals surface area contributed by atoms with Crippen LogP contribution >= 0.6 is 0 Å². The van der Waals surface area contributed by atoms with Crippen molar-refractivity contribution in [2.24, 2.45) is 0 Å². The van der Waals surface area contributed by atoms with Gasteiger partial charge in [-0.3, -0.25) is 9.59 Å². The maximum Gasteiger partial charge on any atom is 0.305 e. The Hall–Kier alpha value is -1.66. The molecule has 0 aromatic heterocycles. The van der Waals surface area contributed by atoms with Crippen molar-refractivity contribution in [3.63, 3.8) is 0 Å². The highest BCUT2D eigenvalue weighted by atomic mass is 16.5. The number of rotatable bonds is 69. The molecular formula is C74H143NO5. The zero-order chi connectivity index (χ0) is 57.8. The molecule has 6 nitrogen and oxygen atoms in total. The van der Waals surface area contributed by atoms with Crippen LogP contribution in [0.4, 0.5) is 0 Å². The quantitative estimate of drug-likeness (QED) is 0.0320. The van der Waals surface area contributed by atoms with Gasteiger partial charge in [0.15, 0.2) is 0 Å². The molecule has 2 unspecified atom stereocenters. The summed E-state index contributed by atoms with van der Waals surface area (Å²) < 4.78 is 5.48.